The molecule has 0 unspecified atom stereocenters. The van der Waals surface area contributed by atoms with Gasteiger partial charge in [-0.05, 0) is 43.0 Å². The lowest BCUT2D eigenvalue weighted by Gasteiger charge is -2.08. The van der Waals surface area contributed by atoms with Crippen molar-refractivity contribution < 1.29 is 0 Å². The van der Waals surface area contributed by atoms with E-state index in [9.17, 15) is 0 Å². The van der Waals surface area contributed by atoms with Gasteiger partial charge in [0, 0.05) is 6.42 Å². The van der Waals surface area contributed by atoms with Gasteiger partial charge in [-0.3, -0.25) is 0 Å². The lowest BCUT2D eigenvalue weighted by atomic mass is 9.97. The quantitative estimate of drug-likeness (QED) is 0.551. The van der Waals surface area contributed by atoms with Crippen LogP contribution in [0, 0.1) is 33.1 Å². The van der Waals surface area contributed by atoms with E-state index in [4.69, 9.17) is 6.42 Å². The summed E-state index contributed by atoms with van der Waals surface area (Å²) in [6, 6.07) is 4.26. The molecule has 0 aromatic heterocycles. The third-order valence-corrected chi connectivity index (χ3v) is 2.46. The van der Waals surface area contributed by atoms with E-state index in [0.29, 0.717) is 0 Å². The van der Waals surface area contributed by atoms with Crippen LogP contribution in [0.15, 0.2) is 12.1 Å². The van der Waals surface area contributed by atoms with E-state index in [1.807, 2.05) is 0 Å². The number of terminal acetylenes is 1. The standard InChI is InChI=1S/C12H14/c1-5-6-12-8-7-9(2)10(3)11(12)4/h1,7-8H,6H2,2-4H3. The highest BCUT2D eigenvalue weighted by atomic mass is 14.1. The summed E-state index contributed by atoms with van der Waals surface area (Å²) in [5.41, 5.74) is 5.32. The molecule has 12 heavy (non-hydrogen) atoms. The summed E-state index contributed by atoms with van der Waals surface area (Å²) in [5, 5.41) is 0. The summed E-state index contributed by atoms with van der Waals surface area (Å²) in [6.45, 7) is 6.40. The first-order chi connectivity index (χ1) is 5.66. The highest BCUT2D eigenvalue weighted by Gasteiger charge is 2.01. The van der Waals surface area contributed by atoms with Crippen molar-refractivity contribution in [1.82, 2.24) is 0 Å². The molecule has 1 rings (SSSR count). The number of aryl methyl sites for hydroxylation is 1. The van der Waals surface area contributed by atoms with Crippen molar-refractivity contribution in [1.29, 1.82) is 0 Å². The number of hydrogen-bond donors (Lipinski definition) is 0. The molecule has 0 fully saturated rings. The lowest BCUT2D eigenvalue weighted by molar-refractivity contribution is 1.17. The molecule has 0 saturated carbocycles. The predicted octanol–water partition coefficient (Wildman–Crippen LogP) is 2.79. The molecule has 0 heterocycles. The maximum absolute atomic E-state index is 5.27. The minimum absolute atomic E-state index is 0.743. The largest absolute Gasteiger partial charge is 0.120 e. The Balaban J connectivity index is 3.19. The van der Waals surface area contributed by atoms with Crippen LogP contribution < -0.4 is 0 Å². The molecule has 0 radical (unpaired) electrons. The van der Waals surface area contributed by atoms with Crippen molar-refractivity contribution in [3.63, 3.8) is 0 Å². The fraction of sp³-hybridized carbons (Fsp3) is 0.333. The molecular formula is C12H14. The molecule has 0 N–H and O–H groups in total. The van der Waals surface area contributed by atoms with E-state index in [0.717, 1.165) is 6.42 Å². The summed E-state index contributed by atoms with van der Waals surface area (Å²) < 4.78 is 0. The van der Waals surface area contributed by atoms with Crippen LogP contribution in [-0.4, -0.2) is 0 Å². The second-order valence-electron chi connectivity index (χ2n) is 3.17. The van der Waals surface area contributed by atoms with Crippen molar-refractivity contribution in [3.8, 4) is 12.3 Å². The van der Waals surface area contributed by atoms with E-state index in [1.165, 1.54) is 22.3 Å². The third kappa shape index (κ3) is 1.51. The van der Waals surface area contributed by atoms with Crippen LogP contribution in [0.2, 0.25) is 0 Å². The van der Waals surface area contributed by atoms with Gasteiger partial charge in [-0.15, -0.1) is 12.3 Å². The second-order valence-corrected chi connectivity index (χ2v) is 3.17. The Kier molecular flexibility index (Phi) is 2.55. The zero-order valence-electron chi connectivity index (χ0n) is 7.94. The molecule has 1 aromatic carbocycles. The fourth-order valence-corrected chi connectivity index (χ4v) is 1.31. The van der Waals surface area contributed by atoms with Gasteiger partial charge in [0.25, 0.3) is 0 Å². The normalized spacial score (nSPS) is 9.50. The van der Waals surface area contributed by atoms with Gasteiger partial charge in [0.2, 0.25) is 0 Å². The van der Waals surface area contributed by atoms with E-state index >= 15 is 0 Å². The Morgan fingerprint density at radius 2 is 1.83 bits per heavy atom. The van der Waals surface area contributed by atoms with Crippen LogP contribution in [0.25, 0.3) is 0 Å². The minimum Gasteiger partial charge on any atom is -0.120 e. The molecule has 0 bridgehead atoms. The molecule has 0 heteroatoms. The van der Waals surface area contributed by atoms with Gasteiger partial charge in [0.1, 0.15) is 0 Å². The van der Waals surface area contributed by atoms with Gasteiger partial charge in [0.15, 0.2) is 0 Å². The second kappa shape index (κ2) is 3.45. The van der Waals surface area contributed by atoms with Crippen LogP contribution in [0.5, 0.6) is 0 Å². The number of hydrogen-bond acceptors (Lipinski definition) is 0. The summed E-state index contributed by atoms with van der Waals surface area (Å²) in [5.74, 6) is 2.67. The zero-order valence-corrected chi connectivity index (χ0v) is 7.94. The Morgan fingerprint density at radius 1 is 1.17 bits per heavy atom. The fourth-order valence-electron chi connectivity index (χ4n) is 1.31. The van der Waals surface area contributed by atoms with Crippen molar-refractivity contribution in [2.45, 2.75) is 27.2 Å². The molecule has 0 aliphatic rings. The van der Waals surface area contributed by atoms with Gasteiger partial charge < -0.3 is 0 Å². The summed E-state index contributed by atoms with van der Waals surface area (Å²) in [6.07, 6.45) is 6.01. The molecule has 62 valence electrons. The van der Waals surface area contributed by atoms with Crippen molar-refractivity contribution in [3.05, 3.63) is 34.4 Å². The van der Waals surface area contributed by atoms with E-state index < -0.39 is 0 Å². The van der Waals surface area contributed by atoms with Gasteiger partial charge >= 0.3 is 0 Å². The molecule has 0 aliphatic heterocycles. The average Bonchev–Trinajstić information content (AvgIpc) is 2.07. The summed E-state index contributed by atoms with van der Waals surface area (Å²) in [4.78, 5) is 0. The van der Waals surface area contributed by atoms with Crippen molar-refractivity contribution >= 4 is 0 Å². The van der Waals surface area contributed by atoms with Crippen LogP contribution >= 0.6 is 0 Å². The monoisotopic (exact) mass is 158 g/mol. The first kappa shape index (κ1) is 8.87. The SMILES string of the molecule is C#CCc1ccc(C)c(C)c1C. The predicted molar refractivity (Wildman–Crippen MR) is 53.2 cm³/mol. The average molecular weight is 158 g/mol. The zero-order chi connectivity index (χ0) is 9.14. The molecule has 0 nitrogen and oxygen atoms in total. The van der Waals surface area contributed by atoms with Gasteiger partial charge in [0.05, 0.1) is 0 Å². The maximum Gasteiger partial charge on any atom is 0.0340 e. The van der Waals surface area contributed by atoms with Gasteiger partial charge in [-0.25, -0.2) is 0 Å². The summed E-state index contributed by atoms with van der Waals surface area (Å²) >= 11 is 0. The first-order valence-electron chi connectivity index (χ1n) is 4.16. The van der Waals surface area contributed by atoms with E-state index in [1.54, 1.807) is 0 Å². The number of rotatable bonds is 1. The topological polar surface area (TPSA) is 0 Å². The van der Waals surface area contributed by atoms with E-state index in [2.05, 4.69) is 38.8 Å². The smallest absolute Gasteiger partial charge is 0.0340 e. The Bertz CT molecular complexity index is 327. The molecule has 0 amide bonds. The first-order valence-corrected chi connectivity index (χ1v) is 4.16. The molecule has 0 atom stereocenters. The minimum atomic E-state index is 0.743. The van der Waals surface area contributed by atoms with E-state index in [-0.39, 0.29) is 0 Å². The molecule has 0 saturated heterocycles. The molecular weight excluding hydrogens is 144 g/mol. The number of benzene rings is 1. The Morgan fingerprint density at radius 3 is 2.42 bits per heavy atom. The lowest BCUT2D eigenvalue weighted by Crippen LogP contribution is -1.93. The Hall–Kier alpha value is -1.22. The van der Waals surface area contributed by atoms with Crippen LogP contribution in [-0.2, 0) is 6.42 Å². The van der Waals surface area contributed by atoms with Gasteiger partial charge in [-0.2, -0.15) is 0 Å². The summed E-state index contributed by atoms with van der Waals surface area (Å²) in [7, 11) is 0. The van der Waals surface area contributed by atoms with Gasteiger partial charge in [-0.1, -0.05) is 12.1 Å². The van der Waals surface area contributed by atoms with Crippen LogP contribution in [0.3, 0.4) is 0 Å². The van der Waals surface area contributed by atoms with Crippen molar-refractivity contribution in [2.24, 2.45) is 0 Å². The van der Waals surface area contributed by atoms with Crippen LogP contribution in [0.4, 0.5) is 0 Å². The highest BCUT2D eigenvalue weighted by molar-refractivity contribution is 5.40. The maximum atomic E-state index is 5.27. The third-order valence-electron chi connectivity index (χ3n) is 2.46. The molecule has 0 spiro atoms. The van der Waals surface area contributed by atoms with Crippen LogP contribution in [0.1, 0.15) is 22.3 Å². The molecule has 1 aromatic rings. The highest BCUT2D eigenvalue weighted by Crippen LogP contribution is 2.16. The van der Waals surface area contributed by atoms with Crippen molar-refractivity contribution in [2.75, 3.05) is 0 Å². The Labute approximate surface area is 74.6 Å². The molecule has 0 aliphatic carbocycles.